The summed E-state index contributed by atoms with van der Waals surface area (Å²) >= 11 is 0. The molecule has 0 saturated carbocycles. The van der Waals surface area contributed by atoms with Crippen LogP contribution in [0.3, 0.4) is 0 Å². The summed E-state index contributed by atoms with van der Waals surface area (Å²) in [6, 6.07) is 6.19. The molecule has 2 atom stereocenters. The predicted octanol–water partition coefficient (Wildman–Crippen LogP) is 3.81. The standard InChI is InChI=1S/C26H23F2N5O/c1-4-18-21(27)8-5-14-9-17(34)10-19(22(14)18)25-23(28)24(29-2)20(11-31-25)26(30-3)33-12-15-6-7-16(13-33)32-15/h1,5,8-11,15-16,32,34H,3,6-7,12-13H2,2H3/b26-20+,29-24?. The first kappa shape index (κ1) is 22.0. The zero-order valence-corrected chi connectivity index (χ0v) is 18.6. The quantitative estimate of drug-likeness (QED) is 0.542. The van der Waals surface area contributed by atoms with Crippen LogP contribution < -0.4 is 5.32 Å². The molecular weight excluding hydrogens is 436 g/mol. The highest BCUT2D eigenvalue weighted by Crippen LogP contribution is 2.38. The molecule has 0 spiro atoms. The van der Waals surface area contributed by atoms with Crippen molar-refractivity contribution < 1.29 is 13.9 Å². The molecule has 2 aromatic rings. The zero-order valence-electron chi connectivity index (χ0n) is 18.6. The first-order valence-electron chi connectivity index (χ1n) is 11.0. The van der Waals surface area contributed by atoms with Gasteiger partial charge in [-0.3, -0.25) is 9.98 Å². The van der Waals surface area contributed by atoms with E-state index in [-0.39, 0.29) is 28.3 Å². The number of likely N-dealkylation sites (tertiary alicyclic amines) is 1. The average Bonchev–Trinajstić information content (AvgIpc) is 3.17. The van der Waals surface area contributed by atoms with Crippen LogP contribution in [-0.2, 0) is 0 Å². The number of nitrogens with zero attached hydrogens (tertiary/aromatic N) is 4. The third-order valence-electron chi connectivity index (χ3n) is 6.58. The van der Waals surface area contributed by atoms with Crippen molar-refractivity contribution in [1.82, 2.24) is 10.2 Å². The van der Waals surface area contributed by atoms with Crippen molar-refractivity contribution in [1.29, 1.82) is 0 Å². The van der Waals surface area contributed by atoms with E-state index in [9.17, 15) is 9.50 Å². The Bertz CT molecular complexity index is 1370. The molecular formula is C26H23F2N5O. The molecule has 0 amide bonds. The topological polar surface area (TPSA) is 72.6 Å². The van der Waals surface area contributed by atoms with Gasteiger partial charge in [-0.15, -0.1) is 6.42 Å². The Kier molecular flexibility index (Phi) is 5.50. The fourth-order valence-electron chi connectivity index (χ4n) is 5.13. The lowest BCUT2D eigenvalue weighted by atomic mass is 9.94. The zero-order chi connectivity index (χ0) is 24.0. The van der Waals surface area contributed by atoms with E-state index in [4.69, 9.17) is 6.42 Å². The third-order valence-corrected chi connectivity index (χ3v) is 6.58. The molecule has 8 heteroatoms. The molecule has 0 aromatic heterocycles. The lowest BCUT2D eigenvalue weighted by Gasteiger charge is -2.35. The van der Waals surface area contributed by atoms with Crippen LogP contribution in [0.15, 0.2) is 56.5 Å². The number of hydrogen-bond donors (Lipinski definition) is 2. The van der Waals surface area contributed by atoms with Crippen molar-refractivity contribution in [2.24, 2.45) is 15.0 Å². The Morgan fingerprint density at radius 1 is 1.26 bits per heavy atom. The molecule has 34 heavy (non-hydrogen) atoms. The minimum Gasteiger partial charge on any atom is -0.508 e. The minimum atomic E-state index is -0.710. The van der Waals surface area contributed by atoms with Crippen LogP contribution in [-0.4, -0.2) is 60.9 Å². The Balaban J connectivity index is 1.66. The summed E-state index contributed by atoms with van der Waals surface area (Å²) in [5.74, 6) is 1.42. The van der Waals surface area contributed by atoms with E-state index in [0.29, 0.717) is 34.3 Å². The number of aromatic hydroxyl groups is 1. The van der Waals surface area contributed by atoms with E-state index in [0.717, 1.165) is 25.9 Å². The number of benzene rings is 2. The van der Waals surface area contributed by atoms with Crippen LogP contribution in [0, 0.1) is 18.2 Å². The molecule has 0 aliphatic carbocycles. The summed E-state index contributed by atoms with van der Waals surface area (Å²) < 4.78 is 30.4. The SMILES string of the molecule is C#Cc1c(F)ccc2cc(O)cc(C3=C(F)C(=NC)/C(=C(\N=C)N4CC5CCC(C4)N5)C=N3)c12. The third kappa shape index (κ3) is 3.49. The number of fused-ring (bicyclic) bond motifs is 3. The lowest BCUT2D eigenvalue weighted by molar-refractivity contribution is 0.241. The minimum absolute atomic E-state index is 0.0240. The number of piperazine rings is 1. The number of aliphatic imine (C=N–C) groups is 3. The first-order valence-corrected chi connectivity index (χ1v) is 11.0. The maximum atomic E-state index is 16.0. The van der Waals surface area contributed by atoms with Gasteiger partial charge in [0, 0.05) is 49.4 Å². The van der Waals surface area contributed by atoms with Crippen LogP contribution in [0.4, 0.5) is 8.78 Å². The van der Waals surface area contributed by atoms with Gasteiger partial charge in [0.1, 0.15) is 28.8 Å². The second-order valence-electron chi connectivity index (χ2n) is 8.59. The van der Waals surface area contributed by atoms with E-state index >= 15 is 4.39 Å². The molecule has 2 fully saturated rings. The van der Waals surface area contributed by atoms with Crippen molar-refractivity contribution >= 4 is 35.1 Å². The molecule has 6 nitrogen and oxygen atoms in total. The maximum Gasteiger partial charge on any atom is 0.175 e. The van der Waals surface area contributed by atoms with Crippen LogP contribution in [0.5, 0.6) is 5.75 Å². The van der Waals surface area contributed by atoms with Gasteiger partial charge in [0.2, 0.25) is 0 Å². The summed E-state index contributed by atoms with van der Waals surface area (Å²) in [4.78, 5) is 14.9. The molecule has 172 valence electrons. The second kappa shape index (κ2) is 8.50. The van der Waals surface area contributed by atoms with E-state index in [1.165, 1.54) is 37.5 Å². The molecule has 0 radical (unpaired) electrons. The van der Waals surface area contributed by atoms with Crippen LogP contribution in [0.25, 0.3) is 16.5 Å². The first-order chi connectivity index (χ1) is 16.4. The van der Waals surface area contributed by atoms with Gasteiger partial charge in [-0.1, -0.05) is 12.0 Å². The van der Waals surface area contributed by atoms with Gasteiger partial charge in [0.05, 0.1) is 11.1 Å². The Labute approximate surface area is 196 Å². The average molecular weight is 460 g/mol. The number of rotatable bonds is 3. The monoisotopic (exact) mass is 459 g/mol. The Hall–Kier alpha value is -3.83. The molecule has 3 aliphatic rings. The summed E-state index contributed by atoms with van der Waals surface area (Å²) in [7, 11) is 1.49. The van der Waals surface area contributed by atoms with Crippen LogP contribution >= 0.6 is 0 Å². The van der Waals surface area contributed by atoms with Gasteiger partial charge < -0.3 is 15.3 Å². The molecule has 3 heterocycles. The molecule has 2 unspecified atom stereocenters. The molecule has 2 aromatic carbocycles. The van der Waals surface area contributed by atoms with Crippen molar-refractivity contribution in [2.75, 3.05) is 20.1 Å². The molecule has 3 aliphatic heterocycles. The number of nitrogens with one attached hydrogen (secondary N) is 1. The summed E-state index contributed by atoms with van der Waals surface area (Å²) in [6.07, 6.45) is 9.24. The number of phenolic OH excluding ortho intramolecular Hbond substituents is 1. The van der Waals surface area contributed by atoms with Crippen molar-refractivity contribution in [2.45, 2.75) is 24.9 Å². The van der Waals surface area contributed by atoms with E-state index in [1.807, 2.05) is 0 Å². The molecule has 5 rings (SSSR count). The van der Waals surface area contributed by atoms with Gasteiger partial charge in [0.15, 0.2) is 5.83 Å². The van der Waals surface area contributed by atoms with E-state index in [1.54, 1.807) is 0 Å². The Morgan fingerprint density at radius 3 is 2.65 bits per heavy atom. The Morgan fingerprint density at radius 2 is 2.00 bits per heavy atom. The fraction of sp³-hybridized carbons (Fsp3) is 0.269. The lowest BCUT2D eigenvalue weighted by Crippen LogP contribution is -2.50. The van der Waals surface area contributed by atoms with E-state index < -0.39 is 11.6 Å². The largest absolute Gasteiger partial charge is 0.508 e. The van der Waals surface area contributed by atoms with Crippen molar-refractivity contribution in [3.63, 3.8) is 0 Å². The van der Waals surface area contributed by atoms with Crippen molar-refractivity contribution in [3.05, 3.63) is 58.4 Å². The second-order valence-corrected chi connectivity index (χ2v) is 8.59. The van der Waals surface area contributed by atoms with Gasteiger partial charge >= 0.3 is 0 Å². The van der Waals surface area contributed by atoms with Gasteiger partial charge in [0.25, 0.3) is 0 Å². The maximum absolute atomic E-state index is 16.0. The summed E-state index contributed by atoms with van der Waals surface area (Å²) in [6.45, 7) is 5.19. The van der Waals surface area contributed by atoms with Gasteiger partial charge in [-0.25, -0.2) is 13.8 Å². The van der Waals surface area contributed by atoms with Crippen LogP contribution in [0.2, 0.25) is 0 Å². The predicted molar refractivity (Wildman–Crippen MR) is 131 cm³/mol. The molecule has 2 saturated heterocycles. The highest BCUT2D eigenvalue weighted by Gasteiger charge is 2.35. The van der Waals surface area contributed by atoms with Crippen molar-refractivity contribution in [3.8, 4) is 18.1 Å². The van der Waals surface area contributed by atoms with Gasteiger partial charge in [-0.05, 0) is 43.1 Å². The number of hydrogen-bond acceptors (Lipinski definition) is 6. The number of terminal acetylenes is 1. The molecule has 2 N–H and O–H groups in total. The normalized spacial score (nSPS) is 24.6. The number of phenols is 1. The smallest absolute Gasteiger partial charge is 0.175 e. The summed E-state index contributed by atoms with van der Waals surface area (Å²) in [5.41, 5.74) is 0.561. The fourth-order valence-corrected chi connectivity index (χ4v) is 5.13. The van der Waals surface area contributed by atoms with Crippen LogP contribution in [0.1, 0.15) is 24.0 Å². The van der Waals surface area contributed by atoms with Gasteiger partial charge in [-0.2, -0.15) is 0 Å². The summed E-state index contributed by atoms with van der Waals surface area (Å²) in [5, 5.41) is 14.6. The highest BCUT2D eigenvalue weighted by atomic mass is 19.1. The number of allylic oxidation sites excluding steroid dienone is 2. The highest BCUT2D eigenvalue weighted by molar-refractivity contribution is 6.29. The van der Waals surface area contributed by atoms with E-state index in [2.05, 4.69) is 37.8 Å². The molecule has 2 bridgehead atoms. The number of halogens is 2.